The summed E-state index contributed by atoms with van der Waals surface area (Å²) in [6.07, 6.45) is 5.45. The molecule has 1 atom stereocenters. The van der Waals surface area contributed by atoms with Crippen molar-refractivity contribution in [1.29, 1.82) is 0 Å². The molecule has 0 spiro atoms. The van der Waals surface area contributed by atoms with Crippen molar-refractivity contribution in [3.8, 4) is 0 Å². The van der Waals surface area contributed by atoms with Gasteiger partial charge in [0.15, 0.2) is 5.11 Å². The number of hydrogen-bond donors (Lipinski definition) is 3. The fourth-order valence-electron chi connectivity index (χ4n) is 1.75. The van der Waals surface area contributed by atoms with Gasteiger partial charge in [0, 0.05) is 31.1 Å². The highest BCUT2D eigenvalue weighted by Gasteiger charge is 2.15. The predicted molar refractivity (Wildman–Crippen MR) is 74.4 cm³/mol. The Kier molecular flexibility index (Phi) is 5.05. The number of hydrazine groups is 1. The maximum absolute atomic E-state index is 11.7. The lowest BCUT2D eigenvalue weighted by Gasteiger charge is -2.14. The number of pyridine rings is 1. The van der Waals surface area contributed by atoms with E-state index in [-0.39, 0.29) is 12.0 Å². The minimum absolute atomic E-state index is 0.204. The summed E-state index contributed by atoms with van der Waals surface area (Å²) in [6, 6.07) is 3.25. The van der Waals surface area contributed by atoms with Crippen molar-refractivity contribution in [2.45, 2.75) is 18.9 Å². The van der Waals surface area contributed by atoms with E-state index in [0.29, 0.717) is 17.2 Å². The lowest BCUT2D eigenvalue weighted by molar-refractivity contribution is 0.0943. The Bertz CT molecular complexity index is 435. The zero-order chi connectivity index (χ0) is 13.5. The molecule has 1 amide bonds. The van der Waals surface area contributed by atoms with E-state index in [1.165, 1.54) is 0 Å². The van der Waals surface area contributed by atoms with Gasteiger partial charge in [-0.25, -0.2) is 0 Å². The number of rotatable bonds is 3. The van der Waals surface area contributed by atoms with Crippen molar-refractivity contribution < 1.29 is 9.53 Å². The molecule has 3 N–H and O–H groups in total. The summed E-state index contributed by atoms with van der Waals surface area (Å²) < 4.78 is 5.45. The molecule has 1 aromatic rings. The first kappa shape index (κ1) is 13.7. The Hall–Kier alpha value is -1.73. The summed E-state index contributed by atoms with van der Waals surface area (Å²) >= 11 is 5.05. The number of nitrogens with one attached hydrogen (secondary N) is 3. The summed E-state index contributed by atoms with van der Waals surface area (Å²) in [7, 11) is 0. The van der Waals surface area contributed by atoms with E-state index in [9.17, 15) is 4.79 Å². The number of thiocarbonyl (C=S) groups is 1. The van der Waals surface area contributed by atoms with Crippen LogP contribution in [0.25, 0.3) is 0 Å². The minimum atomic E-state index is -0.260. The summed E-state index contributed by atoms with van der Waals surface area (Å²) in [5.74, 6) is -0.260. The Morgan fingerprint density at radius 3 is 2.89 bits per heavy atom. The largest absolute Gasteiger partial charge is 0.376 e. The van der Waals surface area contributed by atoms with E-state index < -0.39 is 0 Å². The van der Waals surface area contributed by atoms with E-state index in [1.807, 2.05) is 0 Å². The lowest BCUT2D eigenvalue weighted by atomic mass is 10.2. The van der Waals surface area contributed by atoms with Gasteiger partial charge in [-0.15, -0.1) is 0 Å². The van der Waals surface area contributed by atoms with Gasteiger partial charge in [-0.05, 0) is 37.2 Å². The Morgan fingerprint density at radius 1 is 1.42 bits per heavy atom. The van der Waals surface area contributed by atoms with E-state index >= 15 is 0 Å². The average Bonchev–Trinajstić information content (AvgIpc) is 2.96. The molecule has 102 valence electrons. The van der Waals surface area contributed by atoms with Crippen LogP contribution in [0.3, 0.4) is 0 Å². The molecule has 1 aliphatic rings. The smallest absolute Gasteiger partial charge is 0.269 e. The van der Waals surface area contributed by atoms with Gasteiger partial charge in [-0.1, -0.05) is 0 Å². The van der Waals surface area contributed by atoms with Crippen LogP contribution in [0.4, 0.5) is 0 Å². The highest BCUT2D eigenvalue weighted by molar-refractivity contribution is 7.80. The quantitative estimate of drug-likeness (QED) is 0.549. The third-order valence-electron chi connectivity index (χ3n) is 2.75. The molecule has 2 rings (SSSR count). The molecule has 7 heteroatoms. The van der Waals surface area contributed by atoms with Crippen molar-refractivity contribution >= 4 is 23.2 Å². The minimum Gasteiger partial charge on any atom is -0.376 e. The van der Waals surface area contributed by atoms with Crippen molar-refractivity contribution in [1.82, 2.24) is 21.2 Å². The first-order valence-corrected chi connectivity index (χ1v) is 6.52. The van der Waals surface area contributed by atoms with E-state index in [1.54, 1.807) is 24.5 Å². The van der Waals surface area contributed by atoms with Gasteiger partial charge in [0.05, 0.1) is 6.10 Å². The standard InChI is InChI=1S/C12H16N4O2S/c17-11(9-3-5-13-6-4-9)15-16-12(19)14-8-10-2-1-7-18-10/h3-6,10H,1-2,7-8H2,(H,15,17)(H2,14,16,19). The number of hydrogen-bond acceptors (Lipinski definition) is 4. The molecule has 1 fully saturated rings. The molecule has 2 heterocycles. The molecule has 6 nitrogen and oxygen atoms in total. The van der Waals surface area contributed by atoms with Crippen LogP contribution in [0.5, 0.6) is 0 Å². The van der Waals surface area contributed by atoms with Crippen LogP contribution in [0.2, 0.25) is 0 Å². The molecule has 0 bridgehead atoms. The van der Waals surface area contributed by atoms with E-state index in [4.69, 9.17) is 17.0 Å². The fraction of sp³-hybridized carbons (Fsp3) is 0.417. The normalized spacial score (nSPS) is 17.8. The predicted octanol–water partition coefficient (Wildman–Crippen LogP) is 0.369. The summed E-state index contributed by atoms with van der Waals surface area (Å²) in [5.41, 5.74) is 5.68. The molecular weight excluding hydrogens is 264 g/mol. The topological polar surface area (TPSA) is 75.3 Å². The van der Waals surface area contributed by atoms with Crippen LogP contribution in [-0.4, -0.2) is 35.3 Å². The van der Waals surface area contributed by atoms with Crippen molar-refractivity contribution in [2.24, 2.45) is 0 Å². The van der Waals surface area contributed by atoms with Crippen LogP contribution in [0, 0.1) is 0 Å². The number of aromatic nitrogens is 1. The monoisotopic (exact) mass is 280 g/mol. The van der Waals surface area contributed by atoms with Gasteiger partial charge >= 0.3 is 0 Å². The van der Waals surface area contributed by atoms with Gasteiger partial charge < -0.3 is 10.1 Å². The molecule has 0 saturated carbocycles. The second-order valence-corrected chi connectivity index (χ2v) is 4.57. The number of nitrogens with zero attached hydrogens (tertiary/aromatic N) is 1. The molecule has 1 saturated heterocycles. The third-order valence-corrected chi connectivity index (χ3v) is 2.99. The zero-order valence-electron chi connectivity index (χ0n) is 10.4. The maximum atomic E-state index is 11.7. The molecule has 1 aromatic heterocycles. The summed E-state index contributed by atoms with van der Waals surface area (Å²) in [4.78, 5) is 15.5. The number of ether oxygens (including phenoxy) is 1. The van der Waals surface area contributed by atoms with Gasteiger partial charge in [-0.2, -0.15) is 0 Å². The van der Waals surface area contributed by atoms with Gasteiger partial charge in [0.25, 0.3) is 5.91 Å². The van der Waals surface area contributed by atoms with E-state index in [0.717, 1.165) is 19.4 Å². The number of carbonyl (C=O) groups is 1. The Balaban J connectivity index is 1.67. The number of amides is 1. The summed E-state index contributed by atoms with van der Waals surface area (Å²) in [5, 5.41) is 3.37. The molecule has 1 aliphatic heterocycles. The van der Waals surface area contributed by atoms with Crippen molar-refractivity contribution in [3.05, 3.63) is 30.1 Å². The second kappa shape index (κ2) is 7.01. The molecule has 1 unspecified atom stereocenters. The highest BCUT2D eigenvalue weighted by Crippen LogP contribution is 2.10. The molecule has 0 aliphatic carbocycles. The van der Waals surface area contributed by atoms with Gasteiger partial charge in [0.2, 0.25) is 0 Å². The van der Waals surface area contributed by atoms with Crippen LogP contribution in [-0.2, 0) is 4.74 Å². The van der Waals surface area contributed by atoms with Crippen LogP contribution in [0.1, 0.15) is 23.2 Å². The van der Waals surface area contributed by atoms with Crippen molar-refractivity contribution in [2.75, 3.05) is 13.2 Å². The van der Waals surface area contributed by atoms with Crippen molar-refractivity contribution in [3.63, 3.8) is 0 Å². The second-order valence-electron chi connectivity index (χ2n) is 4.16. The highest BCUT2D eigenvalue weighted by atomic mass is 32.1. The Labute approximate surface area is 116 Å². The molecule has 19 heavy (non-hydrogen) atoms. The third kappa shape index (κ3) is 4.46. The van der Waals surface area contributed by atoms with Crippen LogP contribution >= 0.6 is 12.2 Å². The van der Waals surface area contributed by atoms with Gasteiger partial charge in [0.1, 0.15) is 0 Å². The SMILES string of the molecule is O=C(NNC(=S)NCC1CCCO1)c1ccncc1. The van der Waals surface area contributed by atoms with Crippen LogP contribution in [0.15, 0.2) is 24.5 Å². The Morgan fingerprint density at radius 2 is 2.21 bits per heavy atom. The van der Waals surface area contributed by atoms with Gasteiger partial charge in [-0.3, -0.25) is 20.6 Å². The molecule has 0 radical (unpaired) electrons. The number of carbonyl (C=O) groups excluding carboxylic acids is 1. The van der Waals surface area contributed by atoms with Crippen LogP contribution < -0.4 is 16.2 Å². The molecule has 0 aromatic carbocycles. The summed E-state index contributed by atoms with van der Waals surface area (Å²) in [6.45, 7) is 1.46. The first-order valence-electron chi connectivity index (χ1n) is 6.11. The molecular formula is C12H16N4O2S. The van der Waals surface area contributed by atoms with E-state index in [2.05, 4.69) is 21.2 Å². The average molecular weight is 280 g/mol. The zero-order valence-corrected chi connectivity index (χ0v) is 11.2. The maximum Gasteiger partial charge on any atom is 0.269 e. The lowest BCUT2D eigenvalue weighted by Crippen LogP contribution is -2.48. The fourth-order valence-corrected chi connectivity index (χ4v) is 1.88. The first-order chi connectivity index (χ1) is 9.25.